The van der Waals surface area contributed by atoms with E-state index in [1.165, 1.54) is 12.8 Å². The van der Waals surface area contributed by atoms with Gasteiger partial charge in [0.1, 0.15) is 0 Å². The number of likely N-dealkylation sites (tertiary alicyclic amines) is 1. The summed E-state index contributed by atoms with van der Waals surface area (Å²) in [5.41, 5.74) is 0.749. The average Bonchev–Trinajstić information content (AvgIpc) is 2.82. The summed E-state index contributed by atoms with van der Waals surface area (Å²) < 4.78 is 0. The van der Waals surface area contributed by atoms with Crippen molar-refractivity contribution in [3.8, 4) is 0 Å². The number of piperidine rings is 1. The van der Waals surface area contributed by atoms with Gasteiger partial charge in [-0.2, -0.15) is 0 Å². The Labute approximate surface area is 101 Å². The third-order valence-corrected chi connectivity index (χ3v) is 3.81. The fraction of sp³-hybridized carbons (Fsp3) is 0.538. The van der Waals surface area contributed by atoms with Gasteiger partial charge < -0.3 is 10.2 Å². The van der Waals surface area contributed by atoms with Gasteiger partial charge in [-0.15, -0.1) is 0 Å². The first kappa shape index (κ1) is 10.7. The van der Waals surface area contributed by atoms with Crippen molar-refractivity contribution in [2.45, 2.75) is 18.9 Å². The molecule has 0 spiro atoms. The average molecular weight is 231 g/mol. The number of amides is 1. The van der Waals surface area contributed by atoms with E-state index in [1.54, 1.807) is 24.5 Å². The molecule has 2 fully saturated rings. The Kier molecular flexibility index (Phi) is 2.81. The third kappa shape index (κ3) is 2.05. The Bertz CT molecular complexity index is 392. The van der Waals surface area contributed by atoms with Crippen LogP contribution in [0.2, 0.25) is 0 Å². The summed E-state index contributed by atoms with van der Waals surface area (Å²) in [4.78, 5) is 18.2. The Morgan fingerprint density at radius 1 is 1.35 bits per heavy atom. The van der Waals surface area contributed by atoms with Crippen molar-refractivity contribution in [1.29, 1.82) is 0 Å². The lowest BCUT2D eigenvalue weighted by atomic mass is 9.94. The Hall–Kier alpha value is -1.42. The van der Waals surface area contributed by atoms with Crippen molar-refractivity contribution in [2.24, 2.45) is 5.92 Å². The van der Waals surface area contributed by atoms with Crippen molar-refractivity contribution in [1.82, 2.24) is 15.2 Å². The number of hydrogen-bond donors (Lipinski definition) is 1. The Morgan fingerprint density at radius 2 is 2.18 bits per heavy atom. The second-order valence-electron chi connectivity index (χ2n) is 4.91. The van der Waals surface area contributed by atoms with E-state index in [0.29, 0.717) is 12.0 Å². The predicted molar refractivity (Wildman–Crippen MR) is 64.7 cm³/mol. The number of fused-ring (bicyclic) bond motifs is 1. The zero-order chi connectivity index (χ0) is 11.7. The second-order valence-corrected chi connectivity index (χ2v) is 4.91. The van der Waals surface area contributed by atoms with Gasteiger partial charge >= 0.3 is 0 Å². The van der Waals surface area contributed by atoms with Crippen LogP contribution in [0.15, 0.2) is 24.5 Å². The largest absolute Gasteiger partial charge is 0.337 e. The summed E-state index contributed by atoms with van der Waals surface area (Å²) in [6, 6.07) is 4.09. The Morgan fingerprint density at radius 3 is 2.94 bits per heavy atom. The van der Waals surface area contributed by atoms with Crippen molar-refractivity contribution in [3.05, 3.63) is 30.1 Å². The summed E-state index contributed by atoms with van der Waals surface area (Å²) in [5.74, 6) is 0.790. The maximum atomic E-state index is 12.3. The Balaban J connectivity index is 1.72. The highest BCUT2D eigenvalue weighted by Gasteiger charge is 2.36. The molecular formula is C13H17N3O. The highest BCUT2D eigenvalue weighted by Crippen LogP contribution is 2.25. The smallest absolute Gasteiger partial charge is 0.254 e. The first-order valence-corrected chi connectivity index (χ1v) is 6.27. The molecule has 0 bridgehead atoms. The summed E-state index contributed by atoms with van der Waals surface area (Å²) in [7, 11) is 0. The van der Waals surface area contributed by atoms with Gasteiger partial charge in [0.2, 0.25) is 0 Å². The number of hydrogen-bond acceptors (Lipinski definition) is 3. The van der Waals surface area contributed by atoms with Crippen molar-refractivity contribution in [3.63, 3.8) is 0 Å². The number of pyridine rings is 1. The number of rotatable bonds is 1. The number of carbonyl (C=O) groups excluding carboxylic acids is 1. The van der Waals surface area contributed by atoms with Gasteiger partial charge in [-0.1, -0.05) is 0 Å². The maximum absolute atomic E-state index is 12.3. The van der Waals surface area contributed by atoms with Gasteiger partial charge in [-0.3, -0.25) is 9.78 Å². The minimum Gasteiger partial charge on any atom is -0.337 e. The monoisotopic (exact) mass is 231 g/mol. The zero-order valence-corrected chi connectivity index (χ0v) is 9.80. The van der Waals surface area contributed by atoms with Crippen molar-refractivity contribution in [2.75, 3.05) is 19.6 Å². The molecule has 1 aromatic heterocycles. The number of carbonyl (C=O) groups is 1. The maximum Gasteiger partial charge on any atom is 0.254 e. The molecule has 3 heterocycles. The summed E-state index contributed by atoms with van der Waals surface area (Å²) in [5, 5.41) is 3.51. The summed E-state index contributed by atoms with van der Waals surface area (Å²) in [6.07, 6.45) is 5.83. The number of aromatic nitrogens is 1. The van der Waals surface area contributed by atoms with E-state index < -0.39 is 0 Å². The van der Waals surface area contributed by atoms with E-state index in [2.05, 4.69) is 10.3 Å². The van der Waals surface area contributed by atoms with E-state index in [0.717, 1.165) is 25.2 Å². The van der Waals surface area contributed by atoms with Gasteiger partial charge in [-0.25, -0.2) is 0 Å². The van der Waals surface area contributed by atoms with Crippen LogP contribution in [0.5, 0.6) is 0 Å². The predicted octanol–water partition coefficient (Wildman–Crippen LogP) is 0.906. The fourth-order valence-corrected chi connectivity index (χ4v) is 2.89. The highest BCUT2D eigenvalue weighted by atomic mass is 16.2. The molecule has 0 radical (unpaired) electrons. The van der Waals surface area contributed by atoms with Crippen LogP contribution < -0.4 is 5.32 Å². The molecule has 0 aromatic carbocycles. The van der Waals surface area contributed by atoms with Crippen molar-refractivity contribution >= 4 is 5.91 Å². The molecule has 2 saturated heterocycles. The molecule has 0 unspecified atom stereocenters. The molecule has 1 amide bonds. The molecular weight excluding hydrogens is 214 g/mol. The van der Waals surface area contributed by atoms with E-state index >= 15 is 0 Å². The molecule has 3 rings (SSSR count). The lowest BCUT2D eigenvalue weighted by Gasteiger charge is -2.24. The number of nitrogens with one attached hydrogen (secondary N) is 1. The van der Waals surface area contributed by atoms with Crippen LogP contribution in [0.25, 0.3) is 0 Å². The molecule has 0 saturated carbocycles. The SMILES string of the molecule is O=C(c1ccncc1)N1C[C@@H]2CCCN[C@@H]2C1. The molecule has 1 aromatic rings. The van der Waals surface area contributed by atoms with Gasteiger partial charge in [0.15, 0.2) is 0 Å². The number of nitrogens with zero attached hydrogens (tertiary/aromatic N) is 2. The van der Waals surface area contributed by atoms with E-state index in [4.69, 9.17) is 0 Å². The topological polar surface area (TPSA) is 45.2 Å². The van der Waals surface area contributed by atoms with Crippen LogP contribution in [-0.2, 0) is 0 Å². The molecule has 17 heavy (non-hydrogen) atoms. The van der Waals surface area contributed by atoms with E-state index in [1.807, 2.05) is 4.90 Å². The first-order chi connectivity index (χ1) is 8.34. The summed E-state index contributed by atoms with van der Waals surface area (Å²) in [6.45, 7) is 2.85. The molecule has 4 heteroatoms. The van der Waals surface area contributed by atoms with Crippen LogP contribution in [0.1, 0.15) is 23.2 Å². The molecule has 2 aliphatic rings. The van der Waals surface area contributed by atoms with E-state index in [9.17, 15) is 4.79 Å². The van der Waals surface area contributed by atoms with Gasteiger partial charge in [-0.05, 0) is 37.4 Å². The highest BCUT2D eigenvalue weighted by molar-refractivity contribution is 5.94. The van der Waals surface area contributed by atoms with E-state index in [-0.39, 0.29) is 5.91 Å². The molecule has 1 N–H and O–H groups in total. The third-order valence-electron chi connectivity index (χ3n) is 3.81. The van der Waals surface area contributed by atoms with Crippen molar-refractivity contribution < 1.29 is 4.79 Å². The van der Waals surface area contributed by atoms with Gasteiger partial charge in [0.05, 0.1) is 0 Å². The summed E-state index contributed by atoms with van der Waals surface area (Å²) >= 11 is 0. The fourth-order valence-electron chi connectivity index (χ4n) is 2.89. The molecule has 2 atom stereocenters. The standard InChI is InChI=1S/C13H17N3O/c17-13(10-3-6-14-7-4-10)16-8-11-2-1-5-15-12(11)9-16/h3-4,6-7,11-12,15H,1-2,5,8-9H2/t11-,12+/m0/s1. The second kappa shape index (κ2) is 4.45. The molecule has 4 nitrogen and oxygen atoms in total. The lowest BCUT2D eigenvalue weighted by molar-refractivity contribution is 0.0785. The van der Waals surface area contributed by atoms with Crippen LogP contribution in [0.4, 0.5) is 0 Å². The molecule has 0 aliphatic carbocycles. The van der Waals surface area contributed by atoms with Crippen LogP contribution >= 0.6 is 0 Å². The molecule has 2 aliphatic heterocycles. The van der Waals surface area contributed by atoms with Gasteiger partial charge in [0, 0.05) is 37.1 Å². The zero-order valence-electron chi connectivity index (χ0n) is 9.80. The van der Waals surface area contributed by atoms with Gasteiger partial charge in [0.25, 0.3) is 5.91 Å². The van der Waals surface area contributed by atoms with Crippen LogP contribution in [-0.4, -0.2) is 41.5 Å². The van der Waals surface area contributed by atoms with Crippen LogP contribution in [0, 0.1) is 5.92 Å². The minimum absolute atomic E-state index is 0.142. The molecule has 90 valence electrons. The van der Waals surface area contributed by atoms with Crippen LogP contribution in [0.3, 0.4) is 0 Å². The first-order valence-electron chi connectivity index (χ1n) is 6.27. The quantitative estimate of drug-likeness (QED) is 0.781. The lowest BCUT2D eigenvalue weighted by Crippen LogP contribution is -2.41. The minimum atomic E-state index is 0.142. The normalized spacial score (nSPS) is 27.9.